The maximum Gasteiger partial charge on any atom is 0.325 e. The molecule has 4 amide bonds. The fourth-order valence-corrected chi connectivity index (χ4v) is 5.45. The summed E-state index contributed by atoms with van der Waals surface area (Å²) in [6, 6.07) is 5.69. The summed E-state index contributed by atoms with van der Waals surface area (Å²) in [6.45, 7) is 2.77. The van der Waals surface area contributed by atoms with Gasteiger partial charge in [-0.25, -0.2) is 9.18 Å². The number of amides is 4. The Hall–Kier alpha value is -3.14. The van der Waals surface area contributed by atoms with Gasteiger partial charge in [0.15, 0.2) is 0 Å². The van der Waals surface area contributed by atoms with Gasteiger partial charge in [-0.1, -0.05) is 29.7 Å². The van der Waals surface area contributed by atoms with Crippen molar-refractivity contribution in [1.82, 2.24) is 15.1 Å². The highest BCUT2D eigenvalue weighted by Gasteiger charge is 2.55. The van der Waals surface area contributed by atoms with E-state index in [1.165, 1.54) is 24.1 Å². The zero-order valence-electron chi connectivity index (χ0n) is 19.7. The predicted molar refractivity (Wildman–Crippen MR) is 127 cm³/mol. The number of carbonyl (C=O) groups excluding carboxylic acids is 3. The normalized spacial score (nSPS) is 23.3. The van der Waals surface area contributed by atoms with Crippen LogP contribution in [0.25, 0.3) is 0 Å². The number of hydrogen-bond donors (Lipinski definition) is 1. The molecule has 180 valence electrons. The zero-order valence-corrected chi connectivity index (χ0v) is 19.7. The van der Waals surface area contributed by atoms with Gasteiger partial charge in [-0.2, -0.15) is 0 Å². The molecule has 0 spiro atoms. The van der Waals surface area contributed by atoms with Gasteiger partial charge in [-0.3, -0.25) is 14.5 Å². The molecule has 0 radical (unpaired) electrons. The Morgan fingerprint density at radius 1 is 1.24 bits per heavy atom. The molecular formula is C27H32FN3O3. The summed E-state index contributed by atoms with van der Waals surface area (Å²) in [5, 5.41) is 2.96. The first-order valence-electron chi connectivity index (χ1n) is 12.2. The van der Waals surface area contributed by atoms with Gasteiger partial charge in [-0.05, 0) is 69.1 Å². The number of halogens is 1. The van der Waals surface area contributed by atoms with Crippen LogP contribution in [0.15, 0.2) is 35.9 Å². The van der Waals surface area contributed by atoms with Crippen LogP contribution >= 0.6 is 0 Å². The number of carbonyl (C=O) groups is 3. The van der Waals surface area contributed by atoms with Crippen molar-refractivity contribution in [2.45, 2.75) is 63.8 Å². The summed E-state index contributed by atoms with van der Waals surface area (Å²) in [6.07, 6.45) is 8.45. The first kappa shape index (κ1) is 24.0. The van der Waals surface area contributed by atoms with Gasteiger partial charge in [-0.15, -0.1) is 5.92 Å². The van der Waals surface area contributed by atoms with Crippen LogP contribution < -0.4 is 5.32 Å². The number of piperidine rings is 1. The van der Waals surface area contributed by atoms with Crippen molar-refractivity contribution < 1.29 is 18.8 Å². The minimum atomic E-state index is -1.17. The number of nitrogens with one attached hydrogen (secondary N) is 1. The molecule has 1 aromatic carbocycles. The van der Waals surface area contributed by atoms with Gasteiger partial charge >= 0.3 is 6.03 Å². The van der Waals surface area contributed by atoms with E-state index in [1.54, 1.807) is 19.1 Å². The molecular weight excluding hydrogens is 433 g/mol. The third-order valence-corrected chi connectivity index (χ3v) is 7.30. The molecule has 1 aliphatic carbocycles. The molecule has 2 aliphatic heterocycles. The van der Waals surface area contributed by atoms with Crippen molar-refractivity contribution >= 4 is 17.8 Å². The summed E-state index contributed by atoms with van der Waals surface area (Å²) < 4.78 is 13.9. The monoisotopic (exact) mass is 465 g/mol. The van der Waals surface area contributed by atoms with E-state index >= 15 is 0 Å². The fraction of sp³-hybridized carbons (Fsp3) is 0.519. The van der Waals surface area contributed by atoms with Gasteiger partial charge < -0.3 is 10.2 Å². The number of likely N-dealkylation sites (tertiary alicyclic amines) is 1. The molecule has 2 heterocycles. The molecule has 2 saturated heterocycles. The molecule has 4 rings (SSSR count). The maximum absolute atomic E-state index is 13.9. The van der Waals surface area contributed by atoms with Crippen molar-refractivity contribution in [3.8, 4) is 11.8 Å². The first-order valence-corrected chi connectivity index (χ1v) is 12.2. The molecule has 1 atom stereocenters. The van der Waals surface area contributed by atoms with Crippen LogP contribution in [0.5, 0.6) is 0 Å². The van der Waals surface area contributed by atoms with E-state index < -0.39 is 11.6 Å². The molecule has 1 N–H and O–H groups in total. The van der Waals surface area contributed by atoms with Crippen LogP contribution in [0, 0.1) is 23.6 Å². The van der Waals surface area contributed by atoms with Crippen LogP contribution in [0.3, 0.4) is 0 Å². The van der Waals surface area contributed by atoms with E-state index in [0.29, 0.717) is 37.9 Å². The van der Waals surface area contributed by atoms with Gasteiger partial charge in [0.1, 0.15) is 11.4 Å². The Kier molecular flexibility index (Phi) is 7.35. The number of urea groups is 1. The number of allylic oxidation sites excluding steroid dienone is 1. The van der Waals surface area contributed by atoms with Gasteiger partial charge in [0, 0.05) is 25.9 Å². The Bertz CT molecular complexity index is 1050. The quantitative estimate of drug-likeness (QED) is 0.395. The van der Waals surface area contributed by atoms with Gasteiger partial charge in [0.2, 0.25) is 5.91 Å². The lowest BCUT2D eigenvalue weighted by Gasteiger charge is -2.41. The van der Waals surface area contributed by atoms with E-state index in [2.05, 4.69) is 23.2 Å². The second-order valence-electron chi connectivity index (χ2n) is 9.47. The lowest BCUT2D eigenvalue weighted by molar-refractivity contribution is -0.135. The van der Waals surface area contributed by atoms with E-state index in [9.17, 15) is 18.8 Å². The minimum Gasteiger partial charge on any atom is -0.342 e. The van der Waals surface area contributed by atoms with Crippen molar-refractivity contribution in [3.05, 3.63) is 47.3 Å². The summed E-state index contributed by atoms with van der Waals surface area (Å²) in [7, 11) is 0. The summed E-state index contributed by atoms with van der Waals surface area (Å²) in [4.78, 5) is 42.3. The molecule has 2 fully saturated rings. The Balaban J connectivity index is 1.51. The van der Waals surface area contributed by atoms with Crippen molar-refractivity contribution in [2.24, 2.45) is 5.92 Å². The summed E-state index contributed by atoms with van der Waals surface area (Å²) in [5.41, 5.74) is 0.716. The SMILES string of the molecule is CC#CCN1C(=O)N[C@](Cc2cccc(F)c2)(C2CCN(C(=O)CC3=CCCCC3)CC2)C1=O. The van der Waals surface area contributed by atoms with Gasteiger partial charge in [0.25, 0.3) is 5.91 Å². The molecule has 0 bridgehead atoms. The molecule has 0 saturated carbocycles. The molecule has 1 aromatic rings. The Morgan fingerprint density at radius 3 is 2.71 bits per heavy atom. The van der Waals surface area contributed by atoms with Crippen LogP contribution in [-0.2, 0) is 16.0 Å². The molecule has 6 nitrogen and oxygen atoms in total. The molecule has 0 aromatic heterocycles. The highest BCUT2D eigenvalue weighted by molar-refractivity contribution is 6.07. The Labute approximate surface area is 200 Å². The average Bonchev–Trinajstić information content (AvgIpc) is 3.08. The second-order valence-corrected chi connectivity index (χ2v) is 9.47. The number of nitrogens with zero attached hydrogens (tertiary/aromatic N) is 2. The molecule has 0 unspecified atom stereocenters. The summed E-state index contributed by atoms with van der Waals surface area (Å²) >= 11 is 0. The second kappa shape index (κ2) is 10.4. The number of hydrogen-bond acceptors (Lipinski definition) is 3. The third kappa shape index (κ3) is 5.01. The number of rotatable bonds is 6. The van der Waals surface area contributed by atoms with E-state index in [4.69, 9.17) is 0 Å². The zero-order chi connectivity index (χ0) is 24.1. The number of benzene rings is 1. The largest absolute Gasteiger partial charge is 0.342 e. The van der Waals surface area contributed by atoms with Crippen molar-refractivity contribution in [2.75, 3.05) is 19.6 Å². The van der Waals surface area contributed by atoms with Crippen LogP contribution in [0.4, 0.5) is 9.18 Å². The smallest absolute Gasteiger partial charge is 0.325 e. The van der Waals surface area contributed by atoms with Gasteiger partial charge in [0.05, 0.1) is 6.54 Å². The van der Waals surface area contributed by atoms with Crippen molar-refractivity contribution in [3.63, 3.8) is 0 Å². The molecule has 7 heteroatoms. The maximum atomic E-state index is 13.9. The van der Waals surface area contributed by atoms with Crippen LogP contribution in [0.1, 0.15) is 57.4 Å². The molecule has 34 heavy (non-hydrogen) atoms. The number of imide groups is 1. The lowest BCUT2D eigenvalue weighted by atomic mass is 9.73. The first-order chi connectivity index (χ1) is 16.4. The van der Waals surface area contributed by atoms with E-state index in [-0.39, 0.29) is 36.5 Å². The van der Waals surface area contributed by atoms with Crippen LogP contribution in [0.2, 0.25) is 0 Å². The van der Waals surface area contributed by atoms with Crippen LogP contribution in [-0.4, -0.2) is 52.8 Å². The fourth-order valence-electron chi connectivity index (χ4n) is 5.45. The average molecular weight is 466 g/mol. The topological polar surface area (TPSA) is 69.7 Å². The standard InChI is InChI=1S/C27H32FN3O3/c1-2-3-14-31-25(33)27(29-26(31)34,19-21-10-7-11-23(28)17-21)22-12-15-30(16-13-22)24(32)18-20-8-5-4-6-9-20/h7-8,10-11,17,22H,4-6,9,12-16,18-19H2,1H3,(H,29,34)/t27-/m1/s1. The highest BCUT2D eigenvalue weighted by atomic mass is 19.1. The third-order valence-electron chi connectivity index (χ3n) is 7.30. The van der Waals surface area contributed by atoms with E-state index in [1.807, 2.05) is 4.90 Å². The highest BCUT2D eigenvalue weighted by Crippen LogP contribution is 2.37. The summed E-state index contributed by atoms with van der Waals surface area (Å²) in [5.74, 6) is 4.80. The van der Waals surface area contributed by atoms with E-state index in [0.717, 1.165) is 24.2 Å². The Morgan fingerprint density at radius 2 is 2.03 bits per heavy atom. The van der Waals surface area contributed by atoms with Crippen molar-refractivity contribution in [1.29, 1.82) is 0 Å². The minimum absolute atomic E-state index is 0.0263. The predicted octanol–water partition coefficient (Wildman–Crippen LogP) is 3.81. The lowest BCUT2D eigenvalue weighted by Crippen LogP contribution is -2.58. The molecule has 3 aliphatic rings.